The Morgan fingerprint density at radius 3 is 2.67 bits per heavy atom. The smallest absolute Gasteiger partial charge is 0.264 e. The highest BCUT2D eigenvalue weighted by atomic mass is 32.1. The van der Waals surface area contributed by atoms with Crippen molar-refractivity contribution in [3.05, 3.63) is 21.6 Å². The molecule has 0 bridgehead atoms. The van der Waals surface area contributed by atoms with Crippen molar-refractivity contribution in [3.8, 4) is 0 Å². The van der Waals surface area contributed by atoms with Crippen molar-refractivity contribution < 1.29 is 14.0 Å². The van der Waals surface area contributed by atoms with E-state index in [2.05, 4.69) is 10.6 Å². The second-order valence-electron chi connectivity index (χ2n) is 2.89. The summed E-state index contributed by atoms with van der Waals surface area (Å²) in [4.78, 5) is 22.9. The van der Waals surface area contributed by atoms with E-state index < -0.39 is 11.7 Å². The summed E-state index contributed by atoms with van der Waals surface area (Å²) in [6, 6.07) is 1.29. The van der Waals surface area contributed by atoms with Gasteiger partial charge in [0.25, 0.3) is 5.91 Å². The fraction of sp³-hybridized carbons (Fsp3) is 0.333. The number of hydrogen-bond donors (Lipinski definition) is 2. The van der Waals surface area contributed by atoms with Crippen LogP contribution < -0.4 is 10.6 Å². The third-order valence-corrected chi connectivity index (χ3v) is 2.73. The Morgan fingerprint density at radius 1 is 1.53 bits per heavy atom. The fourth-order valence-electron chi connectivity index (χ4n) is 0.967. The van der Waals surface area contributed by atoms with Crippen LogP contribution in [0.4, 0.5) is 4.39 Å². The van der Waals surface area contributed by atoms with Crippen LogP contribution in [-0.2, 0) is 4.79 Å². The van der Waals surface area contributed by atoms with E-state index in [1.165, 1.54) is 13.1 Å². The first kappa shape index (κ1) is 11.6. The molecule has 0 fully saturated rings. The highest BCUT2D eigenvalue weighted by Crippen LogP contribution is 2.19. The molecule has 0 saturated heterocycles. The molecule has 0 aromatic carbocycles. The molecule has 6 heteroatoms. The van der Waals surface area contributed by atoms with Gasteiger partial charge in [-0.3, -0.25) is 9.59 Å². The molecule has 1 rings (SSSR count). The Morgan fingerprint density at radius 2 is 2.20 bits per heavy atom. The molecule has 1 heterocycles. The average molecular weight is 230 g/mol. The number of aryl methyl sites for hydroxylation is 1. The molecule has 0 aliphatic carbocycles. The van der Waals surface area contributed by atoms with Gasteiger partial charge in [0, 0.05) is 11.9 Å². The van der Waals surface area contributed by atoms with E-state index in [1.807, 2.05) is 0 Å². The number of hydrogen-bond acceptors (Lipinski definition) is 3. The molecule has 2 N–H and O–H groups in total. The van der Waals surface area contributed by atoms with E-state index in [4.69, 9.17) is 0 Å². The van der Waals surface area contributed by atoms with E-state index in [0.29, 0.717) is 0 Å². The van der Waals surface area contributed by atoms with Crippen LogP contribution in [0, 0.1) is 12.7 Å². The van der Waals surface area contributed by atoms with Crippen LogP contribution in [0.3, 0.4) is 0 Å². The number of amides is 2. The predicted molar refractivity (Wildman–Crippen MR) is 55.4 cm³/mol. The summed E-state index contributed by atoms with van der Waals surface area (Å²) in [7, 11) is 1.46. The SMILES string of the molecule is CNC(=O)CNC(=O)c1sc(C)cc1F. The Bertz CT molecular complexity index is 389. The molecule has 0 aliphatic heterocycles. The minimum Gasteiger partial charge on any atom is -0.358 e. The molecule has 15 heavy (non-hydrogen) atoms. The van der Waals surface area contributed by atoms with Gasteiger partial charge < -0.3 is 10.6 Å². The molecule has 0 aliphatic rings. The topological polar surface area (TPSA) is 58.2 Å². The second-order valence-corrected chi connectivity index (χ2v) is 4.15. The van der Waals surface area contributed by atoms with Gasteiger partial charge in [0.15, 0.2) is 0 Å². The van der Waals surface area contributed by atoms with Crippen molar-refractivity contribution in [1.82, 2.24) is 10.6 Å². The third kappa shape index (κ3) is 3.02. The lowest BCUT2D eigenvalue weighted by Crippen LogP contribution is -2.35. The quantitative estimate of drug-likeness (QED) is 0.802. The molecule has 0 radical (unpaired) electrons. The molecule has 0 unspecified atom stereocenters. The standard InChI is InChI=1S/C9H11FN2O2S/c1-5-3-6(10)8(15-5)9(14)12-4-7(13)11-2/h3H,4H2,1-2H3,(H,11,13)(H,12,14). The third-order valence-electron chi connectivity index (χ3n) is 1.70. The number of likely N-dealkylation sites (N-methyl/N-ethyl adjacent to an activating group) is 1. The normalized spacial score (nSPS) is 9.80. The number of halogens is 1. The highest BCUT2D eigenvalue weighted by Gasteiger charge is 2.15. The van der Waals surface area contributed by atoms with Gasteiger partial charge in [0.05, 0.1) is 6.54 Å². The highest BCUT2D eigenvalue weighted by molar-refractivity contribution is 7.14. The van der Waals surface area contributed by atoms with Crippen molar-refractivity contribution >= 4 is 23.2 Å². The summed E-state index contributed by atoms with van der Waals surface area (Å²) < 4.78 is 13.1. The molecule has 82 valence electrons. The molecular weight excluding hydrogens is 219 g/mol. The number of carbonyl (C=O) groups excluding carboxylic acids is 2. The van der Waals surface area contributed by atoms with Gasteiger partial charge in [-0.15, -0.1) is 11.3 Å². The lowest BCUT2D eigenvalue weighted by molar-refractivity contribution is -0.119. The molecule has 0 spiro atoms. The van der Waals surface area contributed by atoms with Crippen LogP contribution in [0.25, 0.3) is 0 Å². The Kier molecular flexibility index (Phi) is 3.79. The largest absolute Gasteiger partial charge is 0.358 e. The molecule has 0 saturated carbocycles. The minimum atomic E-state index is -0.561. The van der Waals surface area contributed by atoms with Crippen LogP contribution in [0.2, 0.25) is 0 Å². The van der Waals surface area contributed by atoms with Gasteiger partial charge in [0.2, 0.25) is 5.91 Å². The average Bonchev–Trinajstić information content (AvgIpc) is 2.53. The summed E-state index contributed by atoms with van der Waals surface area (Å²) in [6.45, 7) is 1.56. The monoisotopic (exact) mass is 230 g/mol. The zero-order chi connectivity index (χ0) is 11.4. The van der Waals surface area contributed by atoms with Gasteiger partial charge in [-0.25, -0.2) is 4.39 Å². The maximum absolute atomic E-state index is 13.1. The van der Waals surface area contributed by atoms with Crippen molar-refractivity contribution in [3.63, 3.8) is 0 Å². The lowest BCUT2D eigenvalue weighted by atomic mass is 10.4. The first-order valence-electron chi connectivity index (χ1n) is 4.29. The van der Waals surface area contributed by atoms with E-state index in [0.717, 1.165) is 16.2 Å². The molecule has 4 nitrogen and oxygen atoms in total. The zero-order valence-electron chi connectivity index (χ0n) is 8.39. The number of thiophene rings is 1. The maximum atomic E-state index is 13.1. The predicted octanol–water partition coefficient (Wildman–Crippen LogP) is 0.671. The van der Waals surface area contributed by atoms with Crippen LogP contribution >= 0.6 is 11.3 Å². The zero-order valence-corrected chi connectivity index (χ0v) is 9.20. The lowest BCUT2D eigenvalue weighted by Gasteiger charge is -2.01. The second kappa shape index (κ2) is 4.88. The van der Waals surface area contributed by atoms with Gasteiger partial charge in [-0.05, 0) is 13.0 Å². The summed E-state index contributed by atoms with van der Waals surface area (Å²) >= 11 is 1.06. The first-order valence-corrected chi connectivity index (χ1v) is 5.11. The van der Waals surface area contributed by atoms with Crippen LogP contribution in [0.5, 0.6) is 0 Å². The van der Waals surface area contributed by atoms with Crippen LogP contribution in [-0.4, -0.2) is 25.4 Å². The summed E-state index contributed by atoms with van der Waals surface area (Å²) in [5.74, 6) is -1.43. The van der Waals surface area contributed by atoms with E-state index in [9.17, 15) is 14.0 Å². The number of rotatable bonds is 3. The number of carbonyl (C=O) groups is 2. The van der Waals surface area contributed by atoms with E-state index >= 15 is 0 Å². The molecule has 1 aromatic heterocycles. The number of nitrogens with one attached hydrogen (secondary N) is 2. The van der Waals surface area contributed by atoms with Crippen LogP contribution in [0.1, 0.15) is 14.5 Å². The van der Waals surface area contributed by atoms with E-state index in [-0.39, 0.29) is 17.3 Å². The fourth-order valence-corrected chi connectivity index (χ4v) is 1.77. The van der Waals surface area contributed by atoms with Crippen molar-refractivity contribution in [2.45, 2.75) is 6.92 Å². The van der Waals surface area contributed by atoms with Gasteiger partial charge in [-0.2, -0.15) is 0 Å². The van der Waals surface area contributed by atoms with Crippen molar-refractivity contribution in [2.75, 3.05) is 13.6 Å². The van der Waals surface area contributed by atoms with E-state index in [1.54, 1.807) is 6.92 Å². The molecule has 2 amide bonds. The summed E-state index contributed by atoms with van der Waals surface area (Å²) in [6.07, 6.45) is 0. The Balaban J connectivity index is 2.61. The van der Waals surface area contributed by atoms with Gasteiger partial charge in [-0.1, -0.05) is 0 Å². The van der Waals surface area contributed by atoms with Gasteiger partial charge >= 0.3 is 0 Å². The summed E-state index contributed by atoms with van der Waals surface area (Å²) in [5, 5.41) is 4.67. The van der Waals surface area contributed by atoms with Crippen molar-refractivity contribution in [2.24, 2.45) is 0 Å². The Labute approximate surface area is 90.5 Å². The van der Waals surface area contributed by atoms with Crippen LogP contribution in [0.15, 0.2) is 6.07 Å². The molecule has 0 atom stereocenters. The molecule has 1 aromatic rings. The molecular formula is C9H11FN2O2S. The minimum absolute atomic E-state index is 0.0106. The Hall–Kier alpha value is -1.43. The summed E-state index contributed by atoms with van der Waals surface area (Å²) in [5.41, 5.74) is 0. The van der Waals surface area contributed by atoms with Gasteiger partial charge in [0.1, 0.15) is 10.7 Å². The maximum Gasteiger partial charge on any atom is 0.264 e. The van der Waals surface area contributed by atoms with Crippen molar-refractivity contribution in [1.29, 1.82) is 0 Å². The first-order chi connectivity index (χ1) is 7.04.